The molecule has 0 aromatic heterocycles. The molecule has 2 heterocycles. The van der Waals surface area contributed by atoms with Crippen molar-refractivity contribution in [3.8, 4) is 0 Å². The van der Waals surface area contributed by atoms with Crippen LogP contribution in [0.15, 0.2) is 41.4 Å². The van der Waals surface area contributed by atoms with Gasteiger partial charge in [0.05, 0.1) is 6.04 Å². The Morgan fingerprint density at radius 1 is 0.974 bits per heavy atom. The number of thioether (sulfide) groups is 1. The van der Waals surface area contributed by atoms with Gasteiger partial charge in [-0.05, 0) is 98.2 Å². The van der Waals surface area contributed by atoms with Gasteiger partial charge < -0.3 is 9.80 Å². The monoisotopic (exact) mass is 563 g/mol. The molecule has 1 amide bonds. The Balaban J connectivity index is 1.11. The van der Waals surface area contributed by atoms with Crippen LogP contribution >= 0.6 is 11.8 Å². The summed E-state index contributed by atoms with van der Waals surface area (Å²) >= 11 is 0.0565. The molecule has 39 heavy (non-hydrogen) atoms. The number of allylic oxidation sites excluding steroid dienone is 1. The first-order valence-corrected chi connectivity index (χ1v) is 15.5. The van der Waals surface area contributed by atoms with Gasteiger partial charge in [-0.15, -0.1) is 0 Å². The van der Waals surface area contributed by atoms with Gasteiger partial charge in [-0.2, -0.15) is 13.2 Å². The molecule has 216 valence electrons. The normalized spacial score (nSPS) is 23.0. The molecule has 4 rings (SSSR count). The minimum atomic E-state index is -4.19. The molecule has 4 nitrogen and oxygen atoms in total. The van der Waals surface area contributed by atoms with Crippen molar-refractivity contribution < 1.29 is 18.0 Å². The van der Waals surface area contributed by atoms with E-state index in [0.717, 1.165) is 57.6 Å². The van der Waals surface area contributed by atoms with Crippen LogP contribution in [0.25, 0.3) is 0 Å². The van der Waals surface area contributed by atoms with Crippen molar-refractivity contribution in [2.24, 2.45) is 10.9 Å². The molecule has 1 unspecified atom stereocenters. The summed E-state index contributed by atoms with van der Waals surface area (Å²) in [6, 6.07) is 9.19. The maximum absolute atomic E-state index is 12.8. The van der Waals surface area contributed by atoms with Crippen LogP contribution in [0, 0.1) is 5.92 Å². The second kappa shape index (κ2) is 13.1. The van der Waals surface area contributed by atoms with Gasteiger partial charge in [0.1, 0.15) is 0 Å². The third-order valence-electron chi connectivity index (χ3n) is 8.35. The number of hydrogen-bond acceptors (Lipinski definition) is 4. The molecular weight excluding hydrogens is 519 g/mol. The van der Waals surface area contributed by atoms with Gasteiger partial charge in [0.2, 0.25) is 5.91 Å². The van der Waals surface area contributed by atoms with Crippen molar-refractivity contribution in [2.45, 2.75) is 101 Å². The summed E-state index contributed by atoms with van der Waals surface area (Å²) in [5, 5.41) is -0.512. The predicted octanol–water partition coefficient (Wildman–Crippen LogP) is 7.77. The van der Waals surface area contributed by atoms with Crippen molar-refractivity contribution in [1.82, 2.24) is 4.90 Å². The fourth-order valence-corrected chi connectivity index (χ4v) is 6.63. The Bertz CT molecular complexity index is 999. The lowest BCUT2D eigenvalue weighted by molar-refractivity contribution is -0.132. The number of hydrogen-bond donors (Lipinski definition) is 0. The fraction of sp³-hybridized carbons (Fsp3) is 0.677. The molecular formula is C31H44F3N3OS. The Hall–Kier alpha value is -1.96. The molecule has 3 aliphatic rings. The Morgan fingerprint density at radius 2 is 1.64 bits per heavy atom. The average Bonchev–Trinajstić information content (AvgIpc) is 2.89. The molecule has 0 N–H and O–H groups in total. The second-order valence-corrected chi connectivity index (χ2v) is 13.7. The first kappa shape index (κ1) is 30.0. The number of amides is 1. The summed E-state index contributed by atoms with van der Waals surface area (Å²) in [4.78, 5) is 22.1. The van der Waals surface area contributed by atoms with Gasteiger partial charge in [0.15, 0.2) is 0 Å². The van der Waals surface area contributed by atoms with Crippen LogP contribution in [0.2, 0.25) is 0 Å². The van der Waals surface area contributed by atoms with E-state index in [2.05, 4.69) is 49.9 Å². The minimum absolute atomic E-state index is 0.0565. The number of benzene rings is 1. The highest BCUT2D eigenvalue weighted by Crippen LogP contribution is 2.37. The highest BCUT2D eigenvalue weighted by molar-refractivity contribution is 8.00. The summed E-state index contributed by atoms with van der Waals surface area (Å²) < 4.78 is 37.7. The van der Waals surface area contributed by atoms with Crippen LogP contribution < -0.4 is 4.90 Å². The SMILES string of the molecule is CC(C)(C)c1ccc(N2CCC(CCCC(=O)N3CCC(N=C4C=CC(SC(F)(F)F)CC4)CC3)CC2)cc1. The van der Waals surface area contributed by atoms with E-state index in [9.17, 15) is 18.0 Å². The van der Waals surface area contributed by atoms with Crippen LogP contribution in [0.5, 0.6) is 0 Å². The Kier molecular flexibility index (Phi) is 10.1. The van der Waals surface area contributed by atoms with Crippen molar-refractivity contribution in [3.63, 3.8) is 0 Å². The molecule has 0 bridgehead atoms. The van der Waals surface area contributed by atoms with Crippen LogP contribution in [0.1, 0.15) is 84.1 Å². The number of alkyl halides is 3. The third kappa shape index (κ3) is 9.29. The number of halogens is 3. The molecule has 2 saturated heterocycles. The molecule has 1 atom stereocenters. The first-order chi connectivity index (χ1) is 18.5. The highest BCUT2D eigenvalue weighted by atomic mass is 32.2. The van der Waals surface area contributed by atoms with Crippen LogP contribution in [0.3, 0.4) is 0 Å². The van der Waals surface area contributed by atoms with E-state index in [0.29, 0.717) is 25.2 Å². The quantitative estimate of drug-likeness (QED) is 0.340. The van der Waals surface area contributed by atoms with Gasteiger partial charge in [0, 0.05) is 49.2 Å². The molecule has 0 saturated carbocycles. The molecule has 1 aromatic rings. The standard InChI is InChI=1S/C31H44F3N3OS/c1-30(2,3)24-7-11-27(12-8-24)36-19-15-23(16-20-36)5-4-6-29(38)37-21-17-26(18-22-37)35-25-9-13-28(14-10-25)39-31(32,33)34/h7-9,11-13,23,26,28H,4-6,10,14-22H2,1-3H3. The summed E-state index contributed by atoms with van der Waals surface area (Å²) in [5.74, 6) is 0.948. The average molecular weight is 564 g/mol. The third-order valence-corrected chi connectivity index (χ3v) is 9.32. The van der Waals surface area contributed by atoms with Crippen LogP contribution in [-0.2, 0) is 10.2 Å². The summed E-state index contributed by atoms with van der Waals surface area (Å²) in [7, 11) is 0. The lowest BCUT2D eigenvalue weighted by Gasteiger charge is -2.34. The van der Waals surface area contributed by atoms with Crippen molar-refractivity contribution >= 4 is 29.1 Å². The number of nitrogens with zero attached hydrogens (tertiary/aromatic N) is 3. The summed E-state index contributed by atoms with van der Waals surface area (Å²) in [6.45, 7) is 10.4. The Labute approximate surface area is 236 Å². The molecule has 8 heteroatoms. The van der Waals surface area contributed by atoms with Crippen molar-refractivity contribution in [2.75, 3.05) is 31.1 Å². The van der Waals surface area contributed by atoms with Crippen molar-refractivity contribution in [1.29, 1.82) is 0 Å². The molecule has 2 fully saturated rings. The fourth-order valence-electron chi connectivity index (χ4n) is 5.90. The molecule has 1 aromatic carbocycles. The van der Waals surface area contributed by atoms with E-state index in [4.69, 9.17) is 4.99 Å². The number of anilines is 1. The van der Waals surface area contributed by atoms with Gasteiger partial charge in [0.25, 0.3) is 0 Å². The van der Waals surface area contributed by atoms with E-state index in [1.807, 2.05) is 4.90 Å². The molecule has 1 aliphatic carbocycles. The Morgan fingerprint density at radius 3 is 2.21 bits per heavy atom. The summed E-state index contributed by atoms with van der Waals surface area (Å²) in [5.41, 5.74) is -0.444. The lowest BCUT2D eigenvalue weighted by Crippen LogP contribution is -2.40. The number of likely N-dealkylation sites (tertiary alicyclic amines) is 1. The number of piperidine rings is 2. The van der Waals surface area contributed by atoms with E-state index >= 15 is 0 Å². The topological polar surface area (TPSA) is 35.9 Å². The zero-order valence-electron chi connectivity index (χ0n) is 23.7. The zero-order chi connectivity index (χ0) is 28.0. The largest absolute Gasteiger partial charge is 0.442 e. The molecule has 2 aliphatic heterocycles. The van der Waals surface area contributed by atoms with Gasteiger partial charge in [-0.25, -0.2) is 0 Å². The van der Waals surface area contributed by atoms with Gasteiger partial charge >= 0.3 is 5.51 Å². The number of carbonyl (C=O) groups is 1. The summed E-state index contributed by atoms with van der Waals surface area (Å²) in [6.07, 6.45) is 11.2. The van der Waals surface area contributed by atoms with Gasteiger partial charge in [-0.3, -0.25) is 9.79 Å². The zero-order valence-corrected chi connectivity index (χ0v) is 24.5. The lowest BCUT2D eigenvalue weighted by atomic mass is 9.87. The van der Waals surface area contributed by atoms with E-state index in [1.54, 1.807) is 12.2 Å². The first-order valence-electron chi connectivity index (χ1n) is 14.6. The van der Waals surface area contributed by atoms with E-state index in [-0.39, 0.29) is 29.1 Å². The number of carbonyl (C=O) groups excluding carboxylic acids is 1. The van der Waals surface area contributed by atoms with Gasteiger partial charge in [-0.1, -0.05) is 39.0 Å². The number of rotatable bonds is 7. The van der Waals surface area contributed by atoms with Crippen molar-refractivity contribution in [3.05, 3.63) is 42.0 Å². The second-order valence-electron chi connectivity index (χ2n) is 12.4. The predicted molar refractivity (Wildman–Crippen MR) is 157 cm³/mol. The maximum Gasteiger partial charge on any atom is 0.442 e. The number of aliphatic imine (C=N–C) groups is 1. The van der Waals surface area contributed by atoms with E-state index < -0.39 is 10.8 Å². The van der Waals surface area contributed by atoms with Crippen LogP contribution in [0.4, 0.5) is 18.9 Å². The van der Waals surface area contributed by atoms with Crippen LogP contribution in [-0.4, -0.2) is 59.5 Å². The maximum atomic E-state index is 12.8. The smallest absolute Gasteiger partial charge is 0.372 e. The highest BCUT2D eigenvalue weighted by Gasteiger charge is 2.33. The molecule has 0 spiro atoms. The van der Waals surface area contributed by atoms with E-state index in [1.165, 1.54) is 24.1 Å². The minimum Gasteiger partial charge on any atom is -0.372 e. The molecule has 0 radical (unpaired) electrons.